The predicted octanol–water partition coefficient (Wildman–Crippen LogP) is 0.498. The standard InChI is InChI=1S/C12H11N5O3/c1-2-17-11-8(15-12(17)19)7(9(13)18)14-10(16-11)6-4-3-5-20-6/h3-5H,2H2,1H3,(H2,13,18)(H,15,19). The molecule has 8 heteroatoms. The van der Waals surface area contributed by atoms with E-state index in [1.165, 1.54) is 10.8 Å². The summed E-state index contributed by atoms with van der Waals surface area (Å²) in [5.41, 5.74) is 5.47. The zero-order chi connectivity index (χ0) is 14.3. The Balaban J connectivity index is 2.40. The lowest BCUT2D eigenvalue weighted by Crippen LogP contribution is -2.15. The molecule has 102 valence electrons. The summed E-state index contributed by atoms with van der Waals surface area (Å²) in [6.45, 7) is 2.21. The Bertz CT molecular complexity index is 844. The van der Waals surface area contributed by atoms with Crippen LogP contribution in [0.15, 0.2) is 27.6 Å². The second-order valence-corrected chi connectivity index (χ2v) is 4.11. The Morgan fingerprint density at radius 2 is 2.30 bits per heavy atom. The highest BCUT2D eigenvalue weighted by Gasteiger charge is 2.19. The third-order valence-electron chi connectivity index (χ3n) is 2.91. The lowest BCUT2D eigenvalue weighted by Gasteiger charge is -2.02. The number of hydrogen-bond donors (Lipinski definition) is 2. The Morgan fingerprint density at radius 3 is 2.90 bits per heavy atom. The van der Waals surface area contributed by atoms with Gasteiger partial charge in [0.05, 0.1) is 6.26 Å². The molecule has 0 aliphatic heterocycles. The number of carbonyl (C=O) groups excluding carboxylic acids is 1. The van der Waals surface area contributed by atoms with Gasteiger partial charge in [0.1, 0.15) is 5.52 Å². The van der Waals surface area contributed by atoms with Gasteiger partial charge in [-0.2, -0.15) is 0 Å². The largest absolute Gasteiger partial charge is 0.461 e. The van der Waals surface area contributed by atoms with E-state index < -0.39 is 5.91 Å². The molecule has 0 saturated carbocycles. The lowest BCUT2D eigenvalue weighted by atomic mass is 10.3. The molecule has 20 heavy (non-hydrogen) atoms. The van der Waals surface area contributed by atoms with E-state index in [9.17, 15) is 9.59 Å². The van der Waals surface area contributed by atoms with Crippen LogP contribution in [-0.2, 0) is 6.54 Å². The van der Waals surface area contributed by atoms with Crippen LogP contribution in [0.3, 0.4) is 0 Å². The van der Waals surface area contributed by atoms with Gasteiger partial charge in [0, 0.05) is 6.54 Å². The van der Waals surface area contributed by atoms with Gasteiger partial charge in [0.2, 0.25) is 0 Å². The molecule has 3 rings (SSSR count). The smallest absolute Gasteiger partial charge is 0.327 e. The van der Waals surface area contributed by atoms with E-state index in [0.29, 0.717) is 18.0 Å². The van der Waals surface area contributed by atoms with Crippen molar-refractivity contribution in [1.29, 1.82) is 0 Å². The zero-order valence-electron chi connectivity index (χ0n) is 10.6. The summed E-state index contributed by atoms with van der Waals surface area (Å²) >= 11 is 0. The van der Waals surface area contributed by atoms with Crippen molar-refractivity contribution in [2.24, 2.45) is 5.73 Å². The van der Waals surface area contributed by atoms with Crippen molar-refractivity contribution >= 4 is 17.1 Å². The minimum atomic E-state index is -0.741. The third-order valence-corrected chi connectivity index (χ3v) is 2.91. The predicted molar refractivity (Wildman–Crippen MR) is 70.0 cm³/mol. The molecule has 3 heterocycles. The van der Waals surface area contributed by atoms with Gasteiger partial charge in [-0.15, -0.1) is 0 Å². The van der Waals surface area contributed by atoms with Crippen LogP contribution in [0.5, 0.6) is 0 Å². The number of nitrogens with one attached hydrogen (secondary N) is 1. The molecule has 0 saturated heterocycles. The number of fused-ring (bicyclic) bond motifs is 1. The highest BCUT2D eigenvalue weighted by molar-refractivity contribution is 6.01. The van der Waals surface area contributed by atoms with E-state index in [0.717, 1.165) is 0 Å². The number of amides is 1. The Kier molecular flexibility index (Phi) is 2.63. The van der Waals surface area contributed by atoms with E-state index in [1.54, 1.807) is 19.1 Å². The molecule has 1 amide bonds. The first-order valence-electron chi connectivity index (χ1n) is 5.96. The maximum Gasteiger partial charge on any atom is 0.327 e. The maximum absolute atomic E-state index is 11.8. The van der Waals surface area contributed by atoms with Gasteiger partial charge in [0.15, 0.2) is 22.9 Å². The average molecular weight is 273 g/mol. The molecule has 0 spiro atoms. The topological polar surface area (TPSA) is 120 Å². The van der Waals surface area contributed by atoms with Crippen molar-refractivity contribution in [2.45, 2.75) is 13.5 Å². The quantitative estimate of drug-likeness (QED) is 0.719. The number of rotatable bonds is 3. The summed E-state index contributed by atoms with van der Waals surface area (Å²) in [7, 11) is 0. The summed E-state index contributed by atoms with van der Waals surface area (Å²) in [5, 5.41) is 0. The van der Waals surface area contributed by atoms with Crippen LogP contribution in [0.2, 0.25) is 0 Å². The number of primary amides is 1. The number of aromatic nitrogens is 4. The minimum absolute atomic E-state index is 0.0364. The molecule has 0 unspecified atom stereocenters. The van der Waals surface area contributed by atoms with Crippen molar-refractivity contribution in [1.82, 2.24) is 19.5 Å². The molecule has 3 N–H and O–H groups in total. The Morgan fingerprint density at radius 1 is 1.50 bits per heavy atom. The second kappa shape index (κ2) is 4.34. The van der Waals surface area contributed by atoms with Crippen LogP contribution in [-0.4, -0.2) is 25.4 Å². The van der Waals surface area contributed by atoms with Crippen LogP contribution < -0.4 is 11.4 Å². The van der Waals surface area contributed by atoms with Crippen LogP contribution in [0.4, 0.5) is 0 Å². The van der Waals surface area contributed by atoms with E-state index in [1.807, 2.05) is 0 Å². The average Bonchev–Trinajstić information content (AvgIpc) is 3.03. The third kappa shape index (κ3) is 1.69. The summed E-state index contributed by atoms with van der Waals surface area (Å²) in [4.78, 5) is 34.2. The molecular weight excluding hydrogens is 262 g/mol. The minimum Gasteiger partial charge on any atom is -0.461 e. The summed E-state index contributed by atoms with van der Waals surface area (Å²) in [6, 6.07) is 3.34. The fourth-order valence-electron chi connectivity index (χ4n) is 2.02. The first-order chi connectivity index (χ1) is 9.61. The molecule has 0 aromatic carbocycles. The van der Waals surface area contributed by atoms with Crippen molar-refractivity contribution in [3.8, 4) is 11.6 Å². The van der Waals surface area contributed by atoms with Gasteiger partial charge in [0.25, 0.3) is 5.91 Å². The van der Waals surface area contributed by atoms with E-state index in [2.05, 4.69) is 15.0 Å². The maximum atomic E-state index is 11.8. The zero-order valence-corrected chi connectivity index (χ0v) is 10.6. The first-order valence-corrected chi connectivity index (χ1v) is 5.96. The second-order valence-electron chi connectivity index (χ2n) is 4.11. The monoisotopic (exact) mass is 273 g/mol. The molecule has 0 aliphatic rings. The van der Waals surface area contributed by atoms with Gasteiger partial charge >= 0.3 is 5.69 Å². The Labute approximate surface area is 112 Å². The number of aryl methyl sites for hydroxylation is 1. The van der Waals surface area contributed by atoms with Crippen LogP contribution in [0.25, 0.3) is 22.7 Å². The van der Waals surface area contributed by atoms with Gasteiger partial charge in [-0.1, -0.05) is 0 Å². The highest BCUT2D eigenvalue weighted by atomic mass is 16.3. The number of hydrogen-bond acceptors (Lipinski definition) is 5. The van der Waals surface area contributed by atoms with Gasteiger partial charge in [-0.25, -0.2) is 14.8 Å². The molecule has 3 aromatic heterocycles. The summed E-state index contributed by atoms with van der Waals surface area (Å²) < 4.78 is 6.61. The molecule has 0 atom stereocenters. The van der Waals surface area contributed by atoms with Crippen molar-refractivity contribution in [3.05, 3.63) is 34.6 Å². The number of furan rings is 1. The lowest BCUT2D eigenvalue weighted by molar-refractivity contribution is 0.0997. The van der Waals surface area contributed by atoms with Gasteiger partial charge in [-0.3, -0.25) is 9.36 Å². The molecule has 0 aliphatic carbocycles. The highest BCUT2D eigenvalue weighted by Crippen LogP contribution is 2.20. The van der Waals surface area contributed by atoms with Crippen molar-refractivity contribution in [2.75, 3.05) is 0 Å². The van der Waals surface area contributed by atoms with Crippen LogP contribution >= 0.6 is 0 Å². The Hall–Kier alpha value is -2.90. The van der Waals surface area contributed by atoms with Crippen molar-refractivity contribution < 1.29 is 9.21 Å². The van der Waals surface area contributed by atoms with Crippen molar-refractivity contribution in [3.63, 3.8) is 0 Å². The number of imidazole rings is 1. The summed E-state index contributed by atoms with van der Waals surface area (Å²) in [5.74, 6) is -0.141. The van der Waals surface area contributed by atoms with Crippen LogP contribution in [0, 0.1) is 0 Å². The summed E-state index contributed by atoms with van der Waals surface area (Å²) in [6.07, 6.45) is 1.47. The molecule has 3 aromatic rings. The number of carbonyl (C=O) groups is 1. The first kappa shape index (κ1) is 12.2. The SMILES string of the molecule is CCn1c(=O)[nH]c2c(C(N)=O)nc(-c3ccco3)nc21. The molecule has 0 fully saturated rings. The normalized spacial score (nSPS) is 11.1. The van der Waals surface area contributed by atoms with E-state index in [4.69, 9.17) is 10.2 Å². The number of aromatic amines is 1. The number of nitrogens with two attached hydrogens (primary N) is 1. The molecule has 8 nitrogen and oxygen atoms in total. The van der Waals surface area contributed by atoms with Crippen LogP contribution in [0.1, 0.15) is 17.4 Å². The fraction of sp³-hybridized carbons (Fsp3) is 0.167. The fourth-order valence-corrected chi connectivity index (χ4v) is 2.02. The molecule has 0 radical (unpaired) electrons. The number of nitrogens with zero attached hydrogens (tertiary/aromatic N) is 3. The van der Waals surface area contributed by atoms with Gasteiger partial charge < -0.3 is 15.1 Å². The molecule has 0 bridgehead atoms. The van der Waals surface area contributed by atoms with E-state index in [-0.39, 0.29) is 22.7 Å². The molecular formula is C12H11N5O3. The van der Waals surface area contributed by atoms with E-state index >= 15 is 0 Å². The number of H-pyrrole nitrogens is 1. The van der Waals surface area contributed by atoms with Gasteiger partial charge in [-0.05, 0) is 19.1 Å².